The van der Waals surface area contributed by atoms with E-state index >= 15 is 0 Å². The third-order valence-electron chi connectivity index (χ3n) is 6.28. The Bertz CT molecular complexity index is 1350. The number of morpholine rings is 2. The van der Waals surface area contributed by atoms with Crippen molar-refractivity contribution in [3.05, 3.63) is 36.0 Å². The molecular weight excluding hydrogens is 518 g/mol. The Morgan fingerprint density at radius 3 is 2.38 bits per heavy atom. The Morgan fingerprint density at radius 2 is 1.70 bits per heavy atom. The largest absolute Gasteiger partial charge is 0.379 e. The van der Waals surface area contributed by atoms with Crippen molar-refractivity contribution in [2.75, 3.05) is 70.3 Å². The molecule has 3 aromatic rings. The molecule has 0 atom stereocenters. The second-order valence-electron chi connectivity index (χ2n) is 8.54. The van der Waals surface area contributed by atoms with E-state index in [4.69, 9.17) is 14.5 Å². The van der Waals surface area contributed by atoms with Crippen LogP contribution < -0.4 is 10.2 Å². The zero-order chi connectivity index (χ0) is 25.8. The number of ether oxygens (including phenoxy) is 2. The van der Waals surface area contributed by atoms with Crippen molar-refractivity contribution >= 4 is 44.5 Å². The average Bonchev–Trinajstić information content (AvgIpc) is 3.36. The molecule has 0 bridgehead atoms. The Hall–Kier alpha value is -2.78. The fourth-order valence-electron chi connectivity index (χ4n) is 4.28. The van der Waals surface area contributed by atoms with Gasteiger partial charge in [0.2, 0.25) is 10.0 Å². The summed E-state index contributed by atoms with van der Waals surface area (Å²) in [6.45, 7) is 4.98. The first-order valence-corrected chi connectivity index (χ1v) is 14.7. The van der Waals surface area contributed by atoms with Crippen LogP contribution in [0.4, 0.5) is 5.82 Å². The minimum absolute atomic E-state index is 0.161. The number of anilines is 1. The van der Waals surface area contributed by atoms with Crippen molar-refractivity contribution in [3.63, 3.8) is 0 Å². The molecule has 2 aliphatic heterocycles. The average molecular weight is 548 g/mol. The molecule has 4 heterocycles. The summed E-state index contributed by atoms with van der Waals surface area (Å²) in [6, 6.07) is 5.99. The fraction of sp³-hybridized carbons (Fsp3) is 0.478. The summed E-state index contributed by atoms with van der Waals surface area (Å²) in [5, 5.41) is 8.90. The van der Waals surface area contributed by atoms with E-state index in [1.807, 2.05) is 6.26 Å². The Morgan fingerprint density at radius 1 is 1.03 bits per heavy atom. The molecule has 37 heavy (non-hydrogen) atoms. The molecule has 0 spiro atoms. The summed E-state index contributed by atoms with van der Waals surface area (Å²) in [5.74, 6) is 0.556. The third kappa shape index (κ3) is 5.57. The number of hydrogen-bond donors (Lipinski definition) is 1. The highest BCUT2D eigenvalue weighted by atomic mass is 32.2. The van der Waals surface area contributed by atoms with Crippen LogP contribution in [0.25, 0.3) is 11.0 Å². The molecule has 5 rings (SSSR count). The van der Waals surface area contributed by atoms with Crippen LogP contribution in [-0.4, -0.2) is 104 Å². The number of rotatable bonds is 8. The summed E-state index contributed by atoms with van der Waals surface area (Å²) in [4.78, 5) is 24.4. The van der Waals surface area contributed by atoms with Gasteiger partial charge in [-0.2, -0.15) is 9.40 Å². The van der Waals surface area contributed by atoms with Gasteiger partial charge < -0.3 is 19.7 Å². The highest BCUT2D eigenvalue weighted by molar-refractivity contribution is 7.98. The Kier molecular flexibility index (Phi) is 7.90. The number of nitrogens with zero attached hydrogens (tertiary/aromatic N) is 6. The molecule has 12 nitrogen and oxygen atoms in total. The van der Waals surface area contributed by atoms with Crippen molar-refractivity contribution in [1.29, 1.82) is 0 Å². The molecule has 14 heteroatoms. The van der Waals surface area contributed by atoms with Crippen LogP contribution in [0, 0.1) is 0 Å². The monoisotopic (exact) mass is 547 g/mol. The van der Waals surface area contributed by atoms with Gasteiger partial charge in [-0.15, -0.1) is 0 Å². The molecule has 0 aliphatic carbocycles. The predicted molar refractivity (Wildman–Crippen MR) is 138 cm³/mol. The molecule has 1 amide bonds. The predicted octanol–water partition coefficient (Wildman–Crippen LogP) is 0.836. The number of carbonyl (C=O) groups excluding carboxylic acids is 1. The first-order valence-electron chi connectivity index (χ1n) is 12.0. The van der Waals surface area contributed by atoms with Crippen LogP contribution in [0.2, 0.25) is 0 Å². The summed E-state index contributed by atoms with van der Waals surface area (Å²) in [5.41, 5.74) is 1.10. The zero-order valence-electron chi connectivity index (χ0n) is 20.5. The van der Waals surface area contributed by atoms with Crippen molar-refractivity contribution in [3.8, 4) is 0 Å². The van der Waals surface area contributed by atoms with Crippen LogP contribution in [0.5, 0.6) is 0 Å². The second kappa shape index (κ2) is 11.3. The fourth-order valence-corrected chi connectivity index (χ4v) is 6.05. The van der Waals surface area contributed by atoms with Crippen molar-refractivity contribution in [2.24, 2.45) is 0 Å². The maximum atomic E-state index is 12.8. The highest BCUT2D eigenvalue weighted by Crippen LogP contribution is 2.27. The van der Waals surface area contributed by atoms with Crippen molar-refractivity contribution < 1.29 is 22.7 Å². The lowest BCUT2D eigenvalue weighted by molar-refractivity contribution is 0.0730. The van der Waals surface area contributed by atoms with E-state index in [2.05, 4.69) is 20.3 Å². The van der Waals surface area contributed by atoms with Gasteiger partial charge in [-0.1, -0.05) is 11.8 Å². The first-order chi connectivity index (χ1) is 18.0. The number of sulfonamides is 1. The van der Waals surface area contributed by atoms with Crippen LogP contribution in [0.15, 0.2) is 40.5 Å². The quantitative estimate of drug-likeness (QED) is 0.320. The van der Waals surface area contributed by atoms with Crippen LogP contribution in [0.1, 0.15) is 10.4 Å². The van der Waals surface area contributed by atoms with E-state index in [0.29, 0.717) is 69.0 Å². The lowest BCUT2D eigenvalue weighted by Gasteiger charge is -2.28. The van der Waals surface area contributed by atoms with Gasteiger partial charge >= 0.3 is 0 Å². The van der Waals surface area contributed by atoms with Gasteiger partial charge in [0.1, 0.15) is 5.82 Å². The first kappa shape index (κ1) is 25.9. The number of amides is 1. The van der Waals surface area contributed by atoms with Gasteiger partial charge in [0, 0.05) is 38.3 Å². The molecule has 0 radical (unpaired) electrons. The van der Waals surface area contributed by atoms with E-state index < -0.39 is 10.0 Å². The lowest BCUT2D eigenvalue weighted by atomic mass is 10.2. The van der Waals surface area contributed by atoms with Crippen LogP contribution in [0.3, 0.4) is 0 Å². The smallest absolute Gasteiger partial charge is 0.251 e. The van der Waals surface area contributed by atoms with Crippen LogP contribution in [-0.2, 0) is 26.0 Å². The molecule has 2 saturated heterocycles. The minimum Gasteiger partial charge on any atom is -0.379 e. The topological polar surface area (TPSA) is 132 Å². The summed E-state index contributed by atoms with van der Waals surface area (Å²) in [6.07, 6.45) is 3.70. The standard InChI is InChI=1S/C23H29N7O5S2/c1-36-23-26-20(28-8-12-34-13-9-28)19-16-25-30(21(19)27-23)7-6-24-22(31)17-2-4-18(5-3-17)37(32,33)29-10-14-35-15-11-29/h2-5,16H,6-15H2,1H3,(H,24,31). The number of nitrogens with one attached hydrogen (secondary N) is 1. The molecule has 2 fully saturated rings. The second-order valence-corrected chi connectivity index (χ2v) is 11.2. The third-order valence-corrected chi connectivity index (χ3v) is 8.74. The maximum absolute atomic E-state index is 12.8. The molecular formula is C23H29N7O5S2. The Balaban J connectivity index is 1.24. The summed E-state index contributed by atoms with van der Waals surface area (Å²) < 4.78 is 39.4. The van der Waals surface area contributed by atoms with E-state index in [-0.39, 0.29) is 10.8 Å². The molecule has 0 unspecified atom stereocenters. The molecule has 2 aliphatic rings. The van der Waals surface area contributed by atoms with Gasteiger partial charge in [-0.05, 0) is 30.5 Å². The number of aromatic nitrogens is 4. The molecule has 1 aromatic carbocycles. The summed E-state index contributed by atoms with van der Waals surface area (Å²) in [7, 11) is -3.60. The maximum Gasteiger partial charge on any atom is 0.251 e. The van der Waals surface area contributed by atoms with E-state index in [1.165, 1.54) is 40.3 Å². The number of carbonyl (C=O) groups is 1. The van der Waals surface area contributed by atoms with Gasteiger partial charge in [0.05, 0.1) is 49.5 Å². The Labute approximate surface area is 219 Å². The van der Waals surface area contributed by atoms with Crippen molar-refractivity contribution in [2.45, 2.75) is 16.6 Å². The normalized spacial score (nSPS) is 17.3. The van der Waals surface area contributed by atoms with Gasteiger partial charge in [0.25, 0.3) is 5.91 Å². The zero-order valence-corrected chi connectivity index (χ0v) is 22.1. The van der Waals surface area contributed by atoms with Crippen molar-refractivity contribution in [1.82, 2.24) is 29.4 Å². The SMILES string of the molecule is CSc1nc(N2CCOCC2)c2cnn(CCNC(=O)c3ccc(S(=O)(=O)N4CCOCC4)cc3)c2n1. The number of thioether (sulfide) groups is 1. The lowest BCUT2D eigenvalue weighted by Crippen LogP contribution is -2.40. The molecule has 1 N–H and O–H groups in total. The van der Waals surface area contributed by atoms with E-state index in [1.54, 1.807) is 10.9 Å². The van der Waals surface area contributed by atoms with Crippen LogP contribution >= 0.6 is 11.8 Å². The number of hydrogen-bond acceptors (Lipinski definition) is 10. The van der Waals surface area contributed by atoms with Gasteiger partial charge in [0.15, 0.2) is 10.8 Å². The summed E-state index contributed by atoms with van der Waals surface area (Å²) >= 11 is 1.47. The van der Waals surface area contributed by atoms with E-state index in [9.17, 15) is 13.2 Å². The molecule has 0 saturated carbocycles. The number of fused-ring (bicyclic) bond motifs is 1. The highest BCUT2D eigenvalue weighted by Gasteiger charge is 2.26. The molecule has 198 valence electrons. The minimum atomic E-state index is -3.60. The van der Waals surface area contributed by atoms with Gasteiger partial charge in [-0.3, -0.25) is 4.79 Å². The van der Waals surface area contributed by atoms with Gasteiger partial charge in [-0.25, -0.2) is 23.1 Å². The molecule has 2 aromatic heterocycles. The number of benzene rings is 1. The van der Waals surface area contributed by atoms with E-state index in [0.717, 1.165) is 24.3 Å².